The molecule has 1 unspecified atom stereocenters. The van der Waals surface area contributed by atoms with Crippen molar-refractivity contribution in [2.45, 2.75) is 26.5 Å². The summed E-state index contributed by atoms with van der Waals surface area (Å²) >= 11 is 0. The Labute approximate surface area is 144 Å². The average molecular weight is 338 g/mol. The van der Waals surface area contributed by atoms with Crippen LogP contribution in [-0.4, -0.2) is 24.8 Å². The van der Waals surface area contributed by atoms with Crippen molar-refractivity contribution in [3.05, 3.63) is 75.7 Å². The van der Waals surface area contributed by atoms with Gasteiger partial charge in [-0.3, -0.25) is 19.8 Å². The van der Waals surface area contributed by atoms with Gasteiger partial charge < -0.3 is 5.11 Å². The molecular weight excluding hydrogens is 320 g/mol. The maximum Gasteiger partial charge on any atom is 0.314 e. The third-order valence-corrected chi connectivity index (χ3v) is 3.88. The van der Waals surface area contributed by atoms with Crippen molar-refractivity contribution in [1.82, 2.24) is 14.8 Å². The monoisotopic (exact) mass is 338 g/mol. The Hall–Kier alpha value is -3.06. The van der Waals surface area contributed by atoms with Crippen molar-refractivity contribution in [3.63, 3.8) is 0 Å². The van der Waals surface area contributed by atoms with Gasteiger partial charge in [0.05, 0.1) is 17.6 Å². The van der Waals surface area contributed by atoms with Crippen LogP contribution >= 0.6 is 0 Å². The molecule has 0 fully saturated rings. The molecule has 128 valence electrons. The minimum Gasteiger partial charge on any atom is -0.386 e. The van der Waals surface area contributed by atoms with Gasteiger partial charge in [0.25, 0.3) is 0 Å². The lowest BCUT2D eigenvalue weighted by Gasteiger charge is -2.12. The molecule has 0 bridgehead atoms. The van der Waals surface area contributed by atoms with Crippen LogP contribution in [0.3, 0.4) is 0 Å². The van der Waals surface area contributed by atoms with Crippen LogP contribution in [0.5, 0.6) is 0 Å². The molecule has 7 heteroatoms. The van der Waals surface area contributed by atoms with Crippen molar-refractivity contribution in [1.29, 1.82) is 0 Å². The summed E-state index contributed by atoms with van der Waals surface area (Å²) in [6, 6.07) is 9.16. The molecule has 3 aromatic rings. The Morgan fingerprint density at radius 3 is 2.44 bits per heavy atom. The highest BCUT2D eigenvalue weighted by Crippen LogP contribution is 2.28. The van der Waals surface area contributed by atoms with E-state index in [0.717, 1.165) is 16.7 Å². The second kappa shape index (κ2) is 6.82. The second-order valence-electron chi connectivity index (χ2n) is 6.01. The highest BCUT2D eigenvalue weighted by Gasteiger charge is 2.22. The molecule has 0 aliphatic rings. The van der Waals surface area contributed by atoms with E-state index in [1.54, 1.807) is 24.5 Å². The second-order valence-corrected chi connectivity index (χ2v) is 6.01. The predicted molar refractivity (Wildman–Crippen MR) is 93.0 cm³/mol. The van der Waals surface area contributed by atoms with Crippen LogP contribution in [0.25, 0.3) is 11.3 Å². The summed E-state index contributed by atoms with van der Waals surface area (Å²) < 4.78 is 1.41. The van der Waals surface area contributed by atoms with Crippen LogP contribution in [0.15, 0.2) is 48.9 Å². The van der Waals surface area contributed by atoms with Gasteiger partial charge in [0.15, 0.2) is 5.69 Å². The van der Waals surface area contributed by atoms with E-state index < -0.39 is 11.0 Å². The molecule has 7 nitrogen and oxygen atoms in total. The van der Waals surface area contributed by atoms with Crippen molar-refractivity contribution in [2.24, 2.45) is 0 Å². The number of nitro groups is 1. The molecule has 0 radical (unpaired) electrons. The summed E-state index contributed by atoms with van der Waals surface area (Å²) in [5, 5.41) is 26.1. The third kappa shape index (κ3) is 3.72. The van der Waals surface area contributed by atoms with Gasteiger partial charge in [-0.1, -0.05) is 29.3 Å². The molecule has 3 rings (SSSR count). The van der Waals surface area contributed by atoms with E-state index in [9.17, 15) is 15.2 Å². The Kier molecular flexibility index (Phi) is 4.58. The Morgan fingerprint density at radius 2 is 1.84 bits per heavy atom. The Balaban J connectivity index is 1.91. The molecule has 0 amide bonds. The SMILES string of the molecule is Cc1cc(C)cc(C(O)Cn2cc([N+](=O)[O-])c(-c3ccncc3)n2)c1. The smallest absolute Gasteiger partial charge is 0.314 e. The van der Waals surface area contributed by atoms with E-state index in [4.69, 9.17) is 0 Å². The number of rotatable bonds is 5. The number of benzene rings is 1. The molecule has 2 aromatic heterocycles. The zero-order chi connectivity index (χ0) is 18.0. The molecular formula is C18H18N4O3. The van der Waals surface area contributed by atoms with Gasteiger partial charge in [0, 0.05) is 18.0 Å². The quantitative estimate of drug-likeness (QED) is 0.569. The summed E-state index contributed by atoms with van der Waals surface area (Å²) in [4.78, 5) is 14.8. The summed E-state index contributed by atoms with van der Waals surface area (Å²) in [6.07, 6.45) is 3.66. The van der Waals surface area contributed by atoms with Gasteiger partial charge >= 0.3 is 5.69 Å². The third-order valence-electron chi connectivity index (χ3n) is 3.88. The summed E-state index contributed by atoms with van der Waals surface area (Å²) in [6.45, 7) is 4.06. The van der Waals surface area contributed by atoms with Crippen molar-refractivity contribution in [2.75, 3.05) is 0 Å². The Morgan fingerprint density at radius 1 is 1.20 bits per heavy atom. The van der Waals surface area contributed by atoms with Crippen molar-refractivity contribution < 1.29 is 10.0 Å². The van der Waals surface area contributed by atoms with Crippen molar-refractivity contribution in [3.8, 4) is 11.3 Å². The number of aromatic nitrogens is 3. The first-order valence-electron chi connectivity index (χ1n) is 7.82. The van der Waals surface area contributed by atoms with Crippen LogP contribution in [-0.2, 0) is 6.54 Å². The standard InChI is InChI=1S/C18H18N4O3/c1-12-7-13(2)9-15(8-12)17(23)11-21-10-16(22(24)25)18(20-21)14-3-5-19-6-4-14/h3-10,17,23H,11H2,1-2H3. The summed E-state index contributed by atoms with van der Waals surface area (Å²) in [7, 11) is 0. The molecule has 25 heavy (non-hydrogen) atoms. The highest BCUT2D eigenvalue weighted by atomic mass is 16.6. The molecule has 0 saturated heterocycles. The average Bonchev–Trinajstić information content (AvgIpc) is 2.99. The van der Waals surface area contributed by atoms with E-state index in [0.29, 0.717) is 5.56 Å². The molecule has 1 atom stereocenters. The minimum atomic E-state index is -0.802. The molecule has 2 heterocycles. The zero-order valence-corrected chi connectivity index (χ0v) is 14.0. The predicted octanol–water partition coefficient (Wildman–Crippen LogP) is 3.20. The minimum absolute atomic E-state index is 0.0983. The number of aryl methyl sites for hydroxylation is 2. The van der Waals surface area contributed by atoms with Gasteiger partial charge in [-0.25, -0.2) is 0 Å². The maximum atomic E-state index is 11.3. The molecule has 1 N–H and O–H groups in total. The van der Waals surface area contributed by atoms with E-state index in [-0.39, 0.29) is 17.9 Å². The zero-order valence-electron chi connectivity index (χ0n) is 14.0. The van der Waals surface area contributed by atoms with E-state index in [2.05, 4.69) is 10.1 Å². The van der Waals surface area contributed by atoms with Gasteiger partial charge in [0.1, 0.15) is 6.20 Å². The first-order chi connectivity index (χ1) is 11.9. The van der Waals surface area contributed by atoms with E-state index >= 15 is 0 Å². The van der Waals surface area contributed by atoms with Crippen LogP contribution in [0.1, 0.15) is 22.8 Å². The van der Waals surface area contributed by atoms with Crippen LogP contribution in [0, 0.1) is 24.0 Å². The van der Waals surface area contributed by atoms with Crippen LogP contribution < -0.4 is 0 Å². The van der Waals surface area contributed by atoms with Gasteiger partial charge in [-0.05, 0) is 31.5 Å². The van der Waals surface area contributed by atoms with E-state index in [1.165, 1.54) is 10.9 Å². The first-order valence-corrected chi connectivity index (χ1v) is 7.82. The maximum absolute atomic E-state index is 11.3. The number of hydrogen-bond donors (Lipinski definition) is 1. The topological polar surface area (TPSA) is 94.1 Å². The fraction of sp³-hybridized carbons (Fsp3) is 0.222. The van der Waals surface area contributed by atoms with Gasteiger partial charge in [0.2, 0.25) is 0 Å². The van der Waals surface area contributed by atoms with Gasteiger partial charge in [-0.15, -0.1) is 0 Å². The number of pyridine rings is 1. The molecule has 0 saturated carbocycles. The van der Waals surface area contributed by atoms with Gasteiger partial charge in [-0.2, -0.15) is 5.10 Å². The van der Waals surface area contributed by atoms with Crippen LogP contribution in [0.2, 0.25) is 0 Å². The first kappa shape index (κ1) is 16.8. The lowest BCUT2D eigenvalue weighted by atomic mass is 10.0. The summed E-state index contributed by atoms with van der Waals surface area (Å²) in [5.41, 5.74) is 3.65. The number of aliphatic hydroxyl groups excluding tert-OH is 1. The normalized spacial score (nSPS) is 12.1. The fourth-order valence-electron chi connectivity index (χ4n) is 2.84. The fourth-order valence-corrected chi connectivity index (χ4v) is 2.84. The summed E-state index contributed by atoms with van der Waals surface area (Å²) in [5.74, 6) is 0. The molecule has 1 aromatic carbocycles. The lowest BCUT2D eigenvalue weighted by molar-refractivity contribution is -0.384. The van der Waals surface area contributed by atoms with E-state index in [1.807, 2.05) is 32.0 Å². The lowest BCUT2D eigenvalue weighted by Crippen LogP contribution is -2.09. The molecule has 0 aliphatic heterocycles. The Bertz CT molecular complexity index is 886. The molecule has 0 aliphatic carbocycles. The number of hydrogen-bond acceptors (Lipinski definition) is 5. The number of nitrogens with zero attached hydrogens (tertiary/aromatic N) is 4. The molecule has 0 spiro atoms. The van der Waals surface area contributed by atoms with Crippen molar-refractivity contribution >= 4 is 5.69 Å². The highest BCUT2D eigenvalue weighted by molar-refractivity contribution is 5.68. The largest absolute Gasteiger partial charge is 0.386 e. The van der Waals surface area contributed by atoms with Crippen LogP contribution in [0.4, 0.5) is 5.69 Å². The number of aliphatic hydroxyl groups is 1.